The predicted octanol–water partition coefficient (Wildman–Crippen LogP) is 2.25. The van der Waals surface area contributed by atoms with Crippen LogP contribution < -0.4 is 10.1 Å². The predicted molar refractivity (Wildman–Crippen MR) is 75.9 cm³/mol. The first-order chi connectivity index (χ1) is 9.54. The molecule has 0 bridgehead atoms. The number of hydrogen-bond donors (Lipinski definition) is 2. The number of rotatable bonds is 8. The van der Waals surface area contributed by atoms with Crippen LogP contribution >= 0.6 is 11.6 Å². The van der Waals surface area contributed by atoms with Crippen molar-refractivity contribution in [2.45, 2.75) is 18.9 Å². The average Bonchev–Trinajstić information content (AvgIpc) is 2.42. The highest BCUT2D eigenvalue weighted by atomic mass is 35.5. The summed E-state index contributed by atoms with van der Waals surface area (Å²) in [5.74, 6) is -1.15. The zero-order valence-corrected chi connectivity index (χ0v) is 11.6. The number of benzene rings is 1. The standard InChI is InChI=1S/C14H16ClNO4/c1-2-3-8-13(17)16-11(14(18)19)9-20-12-7-5-4-6-10(12)15/h2,4-7,11H,1,3,8-9H2,(H,16,17)(H,18,19). The SMILES string of the molecule is C=CCCC(=O)NC(COc1ccccc1Cl)C(=O)O. The van der Waals surface area contributed by atoms with E-state index in [0.29, 0.717) is 17.2 Å². The zero-order chi connectivity index (χ0) is 15.0. The molecule has 2 N–H and O–H groups in total. The van der Waals surface area contributed by atoms with Crippen molar-refractivity contribution in [1.29, 1.82) is 0 Å². The van der Waals surface area contributed by atoms with Crippen LogP contribution in [-0.4, -0.2) is 29.6 Å². The fourth-order valence-corrected chi connectivity index (χ4v) is 1.60. The monoisotopic (exact) mass is 297 g/mol. The summed E-state index contributed by atoms with van der Waals surface area (Å²) >= 11 is 5.89. The van der Waals surface area contributed by atoms with E-state index in [1.54, 1.807) is 30.3 Å². The Morgan fingerprint density at radius 2 is 2.15 bits per heavy atom. The molecule has 0 aliphatic heterocycles. The summed E-state index contributed by atoms with van der Waals surface area (Å²) in [6, 6.07) is 5.60. The number of carbonyl (C=O) groups is 2. The lowest BCUT2D eigenvalue weighted by molar-refractivity contribution is -0.142. The van der Waals surface area contributed by atoms with Gasteiger partial charge in [0.25, 0.3) is 0 Å². The second-order valence-electron chi connectivity index (χ2n) is 4.03. The van der Waals surface area contributed by atoms with Crippen LogP contribution in [-0.2, 0) is 9.59 Å². The molecule has 1 aromatic rings. The van der Waals surface area contributed by atoms with E-state index < -0.39 is 12.0 Å². The molecule has 0 spiro atoms. The first-order valence-electron chi connectivity index (χ1n) is 6.05. The minimum atomic E-state index is -1.16. The second kappa shape index (κ2) is 8.22. The van der Waals surface area contributed by atoms with E-state index in [4.69, 9.17) is 21.4 Å². The number of amides is 1. The van der Waals surface area contributed by atoms with Crippen LogP contribution in [0.15, 0.2) is 36.9 Å². The summed E-state index contributed by atoms with van der Waals surface area (Å²) in [6.07, 6.45) is 2.28. The summed E-state index contributed by atoms with van der Waals surface area (Å²) in [7, 11) is 0. The Balaban J connectivity index is 2.55. The molecule has 0 fully saturated rings. The maximum absolute atomic E-state index is 11.5. The van der Waals surface area contributed by atoms with Crippen LogP contribution in [0.1, 0.15) is 12.8 Å². The number of aliphatic carboxylic acids is 1. The van der Waals surface area contributed by atoms with Crippen molar-refractivity contribution in [1.82, 2.24) is 5.32 Å². The number of carboxylic acid groups (broad SMARTS) is 1. The average molecular weight is 298 g/mol. The number of allylic oxidation sites excluding steroid dienone is 1. The van der Waals surface area contributed by atoms with Crippen LogP contribution in [0.4, 0.5) is 0 Å². The van der Waals surface area contributed by atoms with Gasteiger partial charge in [-0.1, -0.05) is 29.8 Å². The Morgan fingerprint density at radius 1 is 1.45 bits per heavy atom. The van der Waals surface area contributed by atoms with E-state index in [1.807, 2.05) is 0 Å². The van der Waals surface area contributed by atoms with Gasteiger partial charge in [0.1, 0.15) is 12.4 Å². The van der Waals surface area contributed by atoms with Crippen molar-refractivity contribution in [3.8, 4) is 5.75 Å². The Morgan fingerprint density at radius 3 is 2.75 bits per heavy atom. The number of ether oxygens (including phenoxy) is 1. The van der Waals surface area contributed by atoms with Gasteiger partial charge in [0.15, 0.2) is 6.04 Å². The van der Waals surface area contributed by atoms with Crippen LogP contribution in [0, 0.1) is 0 Å². The van der Waals surface area contributed by atoms with Gasteiger partial charge in [-0.2, -0.15) is 0 Å². The fourth-order valence-electron chi connectivity index (χ4n) is 1.41. The van der Waals surface area contributed by atoms with Gasteiger partial charge in [0.05, 0.1) is 5.02 Å². The van der Waals surface area contributed by atoms with Gasteiger partial charge in [-0.25, -0.2) is 4.79 Å². The van der Waals surface area contributed by atoms with Crippen molar-refractivity contribution in [2.75, 3.05) is 6.61 Å². The van der Waals surface area contributed by atoms with E-state index in [0.717, 1.165) is 0 Å². The van der Waals surface area contributed by atoms with Crippen molar-refractivity contribution in [3.63, 3.8) is 0 Å². The molecule has 1 amide bonds. The third-order valence-corrected chi connectivity index (χ3v) is 2.76. The normalized spacial score (nSPS) is 11.4. The summed E-state index contributed by atoms with van der Waals surface area (Å²) < 4.78 is 5.32. The van der Waals surface area contributed by atoms with Crippen molar-refractivity contribution in [2.24, 2.45) is 0 Å². The van der Waals surface area contributed by atoms with E-state index >= 15 is 0 Å². The molecule has 1 rings (SSSR count). The molecule has 0 aliphatic rings. The van der Waals surface area contributed by atoms with Gasteiger partial charge in [-0.3, -0.25) is 4.79 Å². The maximum atomic E-state index is 11.5. The first kappa shape index (κ1) is 16.0. The molecule has 0 aliphatic carbocycles. The van der Waals surface area contributed by atoms with Crippen molar-refractivity contribution >= 4 is 23.5 Å². The zero-order valence-electron chi connectivity index (χ0n) is 10.8. The quantitative estimate of drug-likeness (QED) is 0.722. The molecule has 0 aromatic heterocycles. The lowest BCUT2D eigenvalue weighted by atomic mass is 10.2. The molecule has 6 heteroatoms. The van der Waals surface area contributed by atoms with E-state index in [1.165, 1.54) is 0 Å². The molecule has 0 saturated carbocycles. The van der Waals surface area contributed by atoms with Gasteiger partial charge in [0, 0.05) is 6.42 Å². The van der Waals surface area contributed by atoms with Crippen molar-refractivity contribution < 1.29 is 19.4 Å². The first-order valence-corrected chi connectivity index (χ1v) is 6.42. The van der Waals surface area contributed by atoms with Gasteiger partial charge in [0.2, 0.25) is 5.91 Å². The minimum Gasteiger partial charge on any atom is -0.489 e. The number of hydrogen-bond acceptors (Lipinski definition) is 3. The Bertz CT molecular complexity index is 490. The van der Waals surface area contributed by atoms with E-state index in [2.05, 4.69) is 11.9 Å². The smallest absolute Gasteiger partial charge is 0.329 e. The van der Waals surface area contributed by atoms with Crippen LogP contribution in [0.2, 0.25) is 5.02 Å². The molecule has 1 unspecified atom stereocenters. The minimum absolute atomic E-state index is 0.194. The molecule has 0 radical (unpaired) electrons. The third kappa shape index (κ3) is 5.32. The van der Waals surface area contributed by atoms with Crippen LogP contribution in [0.5, 0.6) is 5.75 Å². The maximum Gasteiger partial charge on any atom is 0.329 e. The van der Waals surface area contributed by atoms with Gasteiger partial charge in [-0.05, 0) is 18.6 Å². The molecule has 0 heterocycles. The number of carboxylic acids is 1. The molecule has 20 heavy (non-hydrogen) atoms. The molecule has 0 saturated heterocycles. The highest BCUT2D eigenvalue weighted by Gasteiger charge is 2.20. The fraction of sp³-hybridized carbons (Fsp3) is 0.286. The lowest BCUT2D eigenvalue weighted by Crippen LogP contribution is -2.44. The molecular formula is C14H16ClNO4. The second-order valence-corrected chi connectivity index (χ2v) is 4.43. The number of para-hydroxylation sites is 1. The van der Waals surface area contributed by atoms with E-state index in [-0.39, 0.29) is 18.9 Å². The van der Waals surface area contributed by atoms with Crippen molar-refractivity contribution in [3.05, 3.63) is 41.9 Å². The summed E-state index contributed by atoms with van der Waals surface area (Å²) in [5.41, 5.74) is 0. The highest BCUT2D eigenvalue weighted by Crippen LogP contribution is 2.23. The topological polar surface area (TPSA) is 75.6 Å². The number of carbonyl (C=O) groups excluding carboxylic acids is 1. The molecule has 1 atom stereocenters. The Hall–Kier alpha value is -2.01. The molecule has 108 valence electrons. The van der Waals surface area contributed by atoms with Gasteiger partial charge < -0.3 is 15.2 Å². The molecular weight excluding hydrogens is 282 g/mol. The lowest BCUT2D eigenvalue weighted by Gasteiger charge is -2.15. The van der Waals surface area contributed by atoms with Gasteiger partial charge >= 0.3 is 5.97 Å². The largest absolute Gasteiger partial charge is 0.489 e. The summed E-state index contributed by atoms with van der Waals surface area (Å²) in [6.45, 7) is 3.30. The number of nitrogens with one attached hydrogen (secondary N) is 1. The Kier molecular flexibility index (Phi) is 6.59. The number of halogens is 1. The highest BCUT2D eigenvalue weighted by molar-refractivity contribution is 6.32. The van der Waals surface area contributed by atoms with Crippen LogP contribution in [0.3, 0.4) is 0 Å². The van der Waals surface area contributed by atoms with Crippen LogP contribution in [0.25, 0.3) is 0 Å². The van der Waals surface area contributed by atoms with E-state index in [9.17, 15) is 9.59 Å². The summed E-state index contributed by atoms with van der Waals surface area (Å²) in [5, 5.41) is 11.8. The molecule has 5 nitrogen and oxygen atoms in total. The third-order valence-electron chi connectivity index (χ3n) is 2.45. The summed E-state index contributed by atoms with van der Waals surface area (Å²) in [4.78, 5) is 22.6. The molecule has 1 aromatic carbocycles. The Labute approximate surface area is 122 Å². The van der Waals surface area contributed by atoms with Gasteiger partial charge in [-0.15, -0.1) is 6.58 Å².